The molecule has 0 radical (unpaired) electrons. The highest BCUT2D eigenvalue weighted by Crippen LogP contribution is 2.28. The molecule has 6 rings (SSSR count). The summed E-state index contributed by atoms with van der Waals surface area (Å²) in [7, 11) is 2.07. The molecule has 202 valence electrons. The van der Waals surface area contributed by atoms with Gasteiger partial charge in [0.1, 0.15) is 25.4 Å². The molecule has 1 unspecified atom stereocenters. The van der Waals surface area contributed by atoms with Crippen molar-refractivity contribution in [3.05, 3.63) is 66.4 Å². The number of carbonyl (C=O) groups excluding carboxylic acids is 1. The Morgan fingerprint density at radius 3 is 2.69 bits per heavy atom. The number of fused-ring (bicyclic) bond motifs is 1. The van der Waals surface area contributed by atoms with Crippen LogP contribution in [0.3, 0.4) is 0 Å². The van der Waals surface area contributed by atoms with E-state index in [1.165, 1.54) is 0 Å². The van der Waals surface area contributed by atoms with E-state index in [4.69, 9.17) is 19.3 Å². The SMILES string of the molecule is C[N+]1(CCCNc2nc(Oc3ccccc3)nc3c(-c4ccc(C(=O)NC5CC5)cc4)cnn23)CCOCO1. The van der Waals surface area contributed by atoms with E-state index >= 15 is 0 Å². The molecule has 11 heteroatoms. The molecular weight excluding hydrogens is 498 g/mol. The van der Waals surface area contributed by atoms with Crippen LogP contribution in [-0.2, 0) is 9.57 Å². The van der Waals surface area contributed by atoms with Crippen LogP contribution in [0.25, 0.3) is 16.8 Å². The first-order valence-electron chi connectivity index (χ1n) is 13.3. The van der Waals surface area contributed by atoms with E-state index in [9.17, 15) is 4.79 Å². The first kappa shape index (κ1) is 25.2. The fourth-order valence-corrected chi connectivity index (χ4v) is 4.45. The van der Waals surface area contributed by atoms with E-state index in [1.807, 2.05) is 54.6 Å². The normalized spacial score (nSPS) is 19.1. The van der Waals surface area contributed by atoms with Gasteiger partial charge in [0.15, 0.2) is 5.65 Å². The van der Waals surface area contributed by atoms with Crippen molar-refractivity contribution >= 4 is 17.5 Å². The Hall–Kier alpha value is -4.06. The van der Waals surface area contributed by atoms with Gasteiger partial charge in [0.2, 0.25) is 12.7 Å². The van der Waals surface area contributed by atoms with Gasteiger partial charge in [-0.05, 0) is 42.7 Å². The molecule has 2 aromatic carbocycles. The fourth-order valence-electron chi connectivity index (χ4n) is 4.45. The number of rotatable bonds is 10. The first-order chi connectivity index (χ1) is 19.1. The van der Waals surface area contributed by atoms with Crippen LogP contribution >= 0.6 is 0 Å². The summed E-state index contributed by atoms with van der Waals surface area (Å²) in [6, 6.07) is 17.5. The second-order valence-corrected chi connectivity index (χ2v) is 10.0. The summed E-state index contributed by atoms with van der Waals surface area (Å²) in [5.41, 5.74) is 2.94. The molecule has 1 aliphatic heterocycles. The molecule has 2 aromatic heterocycles. The number of quaternary nitrogens is 1. The summed E-state index contributed by atoms with van der Waals surface area (Å²) in [4.78, 5) is 27.5. The Morgan fingerprint density at radius 2 is 1.95 bits per heavy atom. The van der Waals surface area contributed by atoms with Crippen molar-refractivity contribution in [2.45, 2.75) is 25.3 Å². The minimum absolute atomic E-state index is 0.0464. The van der Waals surface area contributed by atoms with Gasteiger partial charge in [-0.1, -0.05) is 30.3 Å². The van der Waals surface area contributed by atoms with Gasteiger partial charge in [0.05, 0.1) is 13.2 Å². The Balaban J connectivity index is 1.25. The highest BCUT2D eigenvalue weighted by atomic mass is 16.8. The average molecular weight is 531 g/mol. The van der Waals surface area contributed by atoms with Crippen LogP contribution in [0.1, 0.15) is 29.6 Å². The number of aromatic nitrogens is 4. The van der Waals surface area contributed by atoms with Gasteiger partial charge < -0.3 is 20.1 Å². The van der Waals surface area contributed by atoms with Crippen molar-refractivity contribution in [3.63, 3.8) is 0 Å². The number of ether oxygens (including phenoxy) is 2. The molecule has 0 spiro atoms. The molecule has 0 bridgehead atoms. The molecule has 2 aliphatic rings. The zero-order valence-electron chi connectivity index (χ0n) is 21.9. The van der Waals surface area contributed by atoms with E-state index < -0.39 is 0 Å². The summed E-state index contributed by atoms with van der Waals surface area (Å²) in [5, 5.41) is 11.0. The predicted molar refractivity (Wildman–Crippen MR) is 144 cm³/mol. The van der Waals surface area contributed by atoms with E-state index in [2.05, 4.69) is 27.8 Å². The molecule has 1 saturated carbocycles. The van der Waals surface area contributed by atoms with Gasteiger partial charge in [-0.2, -0.15) is 29.1 Å². The number of carbonyl (C=O) groups is 1. The number of nitrogens with zero attached hydrogens (tertiary/aromatic N) is 5. The lowest BCUT2D eigenvalue weighted by Gasteiger charge is -2.34. The van der Waals surface area contributed by atoms with E-state index in [-0.39, 0.29) is 11.9 Å². The van der Waals surface area contributed by atoms with Crippen LogP contribution in [0.2, 0.25) is 0 Å². The maximum atomic E-state index is 12.4. The quantitative estimate of drug-likeness (QED) is 0.236. The highest BCUT2D eigenvalue weighted by Gasteiger charge is 2.27. The number of hydrogen-bond acceptors (Lipinski definition) is 8. The zero-order chi connectivity index (χ0) is 26.7. The molecule has 2 N–H and O–H groups in total. The molecule has 1 aliphatic carbocycles. The van der Waals surface area contributed by atoms with Gasteiger partial charge in [-0.3, -0.25) is 4.79 Å². The molecule has 2 fully saturated rings. The topological polar surface area (TPSA) is 112 Å². The van der Waals surface area contributed by atoms with E-state index in [1.54, 1.807) is 10.7 Å². The van der Waals surface area contributed by atoms with Gasteiger partial charge in [0, 0.05) is 30.1 Å². The third-order valence-electron chi connectivity index (χ3n) is 6.92. The van der Waals surface area contributed by atoms with Crippen molar-refractivity contribution in [1.82, 2.24) is 24.9 Å². The lowest BCUT2D eigenvalue weighted by atomic mass is 10.1. The van der Waals surface area contributed by atoms with Crippen molar-refractivity contribution in [2.75, 3.05) is 45.4 Å². The summed E-state index contributed by atoms with van der Waals surface area (Å²) in [5.74, 6) is 1.12. The lowest BCUT2D eigenvalue weighted by Crippen LogP contribution is -2.50. The number of likely N-dealkylation sites (N-methyl/N-ethyl adjacent to an activating group) is 1. The van der Waals surface area contributed by atoms with Gasteiger partial charge in [-0.15, -0.1) is 0 Å². The monoisotopic (exact) mass is 530 g/mol. The molecule has 1 saturated heterocycles. The Kier molecular flexibility index (Phi) is 7.10. The summed E-state index contributed by atoms with van der Waals surface area (Å²) < 4.78 is 13.5. The van der Waals surface area contributed by atoms with E-state index in [0.29, 0.717) is 53.5 Å². The largest absolute Gasteiger partial charge is 0.424 e. The molecule has 11 nitrogen and oxygen atoms in total. The standard InChI is InChI=1S/C28H31N7O4/c1-35(16-17-37-19-38-35)15-5-14-29-27-33-28(39-23-6-3-2-4-7-23)32-25-24(18-30-34(25)27)20-8-10-21(11-9-20)26(36)31-22-12-13-22/h2-4,6-11,18,22H,5,12-17,19H2,1H3,(H-,29,30,31,32,33,36)/p+1. The van der Waals surface area contributed by atoms with Crippen LogP contribution in [0, 0.1) is 0 Å². The van der Waals surface area contributed by atoms with Gasteiger partial charge in [0.25, 0.3) is 5.91 Å². The number of nitrogens with one attached hydrogen (secondary N) is 2. The summed E-state index contributed by atoms with van der Waals surface area (Å²) in [6.07, 6.45) is 4.72. The Morgan fingerprint density at radius 1 is 1.13 bits per heavy atom. The van der Waals surface area contributed by atoms with Crippen molar-refractivity contribution < 1.29 is 23.8 Å². The van der Waals surface area contributed by atoms with Crippen LogP contribution in [-0.4, -0.2) is 76.3 Å². The lowest BCUT2D eigenvalue weighted by molar-refractivity contribution is -1.10. The predicted octanol–water partition coefficient (Wildman–Crippen LogP) is 3.64. The molecular formula is C28H32N7O4+. The van der Waals surface area contributed by atoms with Crippen LogP contribution < -0.4 is 15.4 Å². The first-order valence-corrected chi connectivity index (χ1v) is 13.3. The Labute approximate surface area is 226 Å². The Bertz CT molecular complexity index is 1430. The third kappa shape index (κ3) is 6.00. The molecule has 39 heavy (non-hydrogen) atoms. The third-order valence-corrected chi connectivity index (χ3v) is 6.92. The second kappa shape index (κ2) is 11.0. The summed E-state index contributed by atoms with van der Waals surface area (Å²) in [6.45, 7) is 3.33. The van der Waals surface area contributed by atoms with Crippen LogP contribution in [0.5, 0.6) is 11.8 Å². The number of benzene rings is 2. The molecule has 1 amide bonds. The van der Waals surface area contributed by atoms with Crippen molar-refractivity contribution in [2.24, 2.45) is 0 Å². The second-order valence-electron chi connectivity index (χ2n) is 10.0. The van der Waals surface area contributed by atoms with Gasteiger partial charge in [-0.25, -0.2) is 0 Å². The number of hydroxylamine groups is 3. The summed E-state index contributed by atoms with van der Waals surface area (Å²) >= 11 is 0. The maximum Gasteiger partial charge on any atom is 0.327 e. The molecule has 4 aromatic rings. The van der Waals surface area contributed by atoms with Crippen molar-refractivity contribution in [1.29, 1.82) is 0 Å². The fraction of sp³-hybridized carbons (Fsp3) is 0.357. The molecule has 3 heterocycles. The van der Waals surface area contributed by atoms with Crippen LogP contribution in [0.15, 0.2) is 60.8 Å². The number of anilines is 1. The van der Waals surface area contributed by atoms with Crippen molar-refractivity contribution in [3.8, 4) is 22.9 Å². The maximum absolute atomic E-state index is 12.4. The minimum Gasteiger partial charge on any atom is -0.424 e. The highest BCUT2D eigenvalue weighted by molar-refractivity contribution is 5.95. The van der Waals surface area contributed by atoms with Gasteiger partial charge >= 0.3 is 6.01 Å². The van der Waals surface area contributed by atoms with E-state index in [0.717, 1.165) is 43.5 Å². The number of amides is 1. The van der Waals surface area contributed by atoms with Crippen LogP contribution in [0.4, 0.5) is 5.95 Å². The number of para-hydroxylation sites is 1. The smallest absolute Gasteiger partial charge is 0.327 e. The molecule has 1 atom stereocenters. The minimum atomic E-state index is -0.0464. The average Bonchev–Trinajstić information content (AvgIpc) is 3.67. The zero-order valence-corrected chi connectivity index (χ0v) is 21.9. The number of hydrogen-bond donors (Lipinski definition) is 2.